The molecule has 0 aliphatic heterocycles. The van der Waals surface area contributed by atoms with Gasteiger partial charge in [-0.25, -0.2) is 4.99 Å². The second-order valence-corrected chi connectivity index (χ2v) is 5.38. The van der Waals surface area contributed by atoms with E-state index in [1.54, 1.807) is 18.3 Å². The first-order valence-corrected chi connectivity index (χ1v) is 7.95. The number of aromatic nitrogens is 1. The predicted molar refractivity (Wildman–Crippen MR) is 102 cm³/mol. The quantitative estimate of drug-likeness (QED) is 0.313. The number of non-ortho nitro benzene ring substituents is 1. The molecule has 0 saturated carbocycles. The number of pyridine rings is 1. The fraction of sp³-hybridized carbons (Fsp3) is 0. The van der Waals surface area contributed by atoms with Crippen molar-refractivity contribution in [3.8, 4) is 5.75 Å². The smallest absolute Gasteiger partial charge is 0.270 e. The van der Waals surface area contributed by atoms with E-state index in [0.717, 1.165) is 0 Å². The second kappa shape index (κ2) is 8.34. The van der Waals surface area contributed by atoms with Gasteiger partial charge >= 0.3 is 0 Å². The molecule has 3 rings (SSSR count). The molecule has 0 saturated heterocycles. The van der Waals surface area contributed by atoms with Crippen molar-refractivity contribution in [2.24, 2.45) is 10.1 Å². The highest BCUT2D eigenvalue weighted by Gasteiger charge is 2.09. The van der Waals surface area contributed by atoms with Crippen molar-refractivity contribution in [1.29, 1.82) is 0 Å². The van der Waals surface area contributed by atoms with Gasteiger partial charge in [-0.15, -0.1) is 0 Å². The standard InChI is InChI=1S/C19H15N5O3/c25-18-10-9-16(24(26)27)12-14(18)13-21-23-19(17-8-4-5-11-20-17)22-15-6-2-1-3-7-15/h1-13,25H,(H,22,23). The number of nitro benzene ring substituents is 1. The molecule has 1 aromatic heterocycles. The van der Waals surface area contributed by atoms with Crippen LogP contribution in [0.5, 0.6) is 5.75 Å². The van der Waals surface area contributed by atoms with Gasteiger partial charge in [0.15, 0.2) is 5.84 Å². The van der Waals surface area contributed by atoms with Crippen LogP contribution in [-0.4, -0.2) is 27.1 Å². The number of nitrogens with zero attached hydrogens (tertiary/aromatic N) is 4. The maximum Gasteiger partial charge on any atom is 0.270 e. The van der Waals surface area contributed by atoms with E-state index in [9.17, 15) is 15.2 Å². The highest BCUT2D eigenvalue weighted by atomic mass is 16.6. The number of hydrogen-bond donors (Lipinski definition) is 2. The molecule has 3 aromatic rings. The van der Waals surface area contributed by atoms with Gasteiger partial charge in [0.25, 0.3) is 5.69 Å². The Morgan fingerprint density at radius 1 is 1.11 bits per heavy atom. The molecular weight excluding hydrogens is 346 g/mol. The molecule has 0 fully saturated rings. The van der Waals surface area contributed by atoms with Crippen LogP contribution in [0.1, 0.15) is 11.3 Å². The van der Waals surface area contributed by atoms with E-state index in [0.29, 0.717) is 17.2 Å². The van der Waals surface area contributed by atoms with Gasteiger partial charge in [-0.3, -0.25) is 20.5 Å². The van der Waals surface area contributed by atoms with Crippen molar-refractivity contribution in [3.05, 3.63) is 94.3 Å². The Labute approximate surface area is 154 Å². The molecule has 0 radical (unpaired) electrons. The summed E-state index contributed by atoms with van der Waals surface area (Å²) >= 11 is 0. The van der Waals surface area contributed by atoms with Gasteiger partial charge in [0, 0.05) is 23.9 Å². The second-order valence-electron chi connectivity index (χ2n) is 5.38. The van der Waals surface area contributed by atoms with Crippen molar-refractivity contribution in [1.82, 2.24) is 10.4 Å². The van der Waals surface area contributed by atoms with Gasteiger partial charge in [0.05, 0.1) is 16.8 Å². The molecule has 0 amide bonds. The maximum atomic E-state index is 10.9. The van der Waals surface area contributed by atoms with E-state index >= 15 is 0 Å². The SMILES string of the molecule is O=[N+]([O-])c1ccc(O)c(C=NNC(=Nc2ccccc2)c2ccccn2)c1. The van der Waals surface area contributed by atoms with Crippen LogP contribution in [0.15, 0.2) is 83.0 Å². The lowest BCUT2D eigenvalue weighted by atomic mass is 10.2. The lowest BCUT2D eigenvalue weighted by molar-refractivity contribution is -0.384. The number of aromatic hydroxyl groups is 1. The van der Waals surface area contributed by atoms with Gasteiger partial charge in [-0.2, -0.15) is 5.10 Å². The van der Waals surface area contributed by atoms with Crippen molar-refractivity contribution in [3.63, 3.8) is 0 Å². The Hall–Kier alpha value is -4.07. The minimum atomic E-state index is -0.541. The lowest BCUT2D eigenvalue weighted by Crippen LogP contribution is -2.20. The Balaban J connectivity index is 1.88. The summed E-state index contributed by atoms with van der Waals surface area (Å²) < 4.78 is 0. The summed E-state index contributed by atoms with van der Waals surface area (Å²) in [6, 6.07) is 18.3. The van der Waals surface area contributed by atoms with Gasteiger partial charge < -0.3 is 5.11 Å². The molecule has 0 unspecified atom stereocenters. The summed E-state index contributed by atoms with van der Waals surface area (Å²) in [7, 11) is 0. The molecule has 8 nitrogen and oxygen atoms in total. The van der Waals surface area contributed by atoms with Crippen LogP contribution in [0.25, 0.3) is 0 Å². The van der Waals surface area contributed by atoms with Crippen molar-refractivity contribution >= 4 is 23.4 Å². The van der Waals surface area contributed by atoms with E-state index in [4.69, 9.17) is 0 Å². The van der Waals surface area contributed by atoms with Gasteiger partial charge in [0.1, 0.15) is 11.4 Å². The molecule has 27 heavy (non-hydrogen) atoms. The molecule has 1 heterocycles. The van der Waals surface area contributed by atoms with Crippen LogP contribution < -0.4 is 5.43 Å². The first-order valence-electron chi connectivity index (χ1n) is 7.95. The molecular formula is C19H15N5O3. The number of nitrogens with one attached hydrogen (secondary N) is 1. The lowest BCUT2D eigenvalue weighted by Gasteiger charge is -2.05. The van der Waals surface area contributed by atoms with Crippen LogP contribution in [0.3, 0.4) is 0 Å². The van der Waals surface area contributed by atoms with Gasteiger partial charge in [-0.1, -0.05) is 24.3 Å². The zero-order chi connectivity index (χ0) is 19.1. The molecule has 0 bridgehead atoms. The molecule has 0 aliphatic carbocycles. The minimum absolute atomic E-state index is 0.120. The summed E-state index contributed by atoms with van der Waals surface area (Å²) in [5.74, 6) is 0.272. The third-order valence-electron chi connectivity index (χ3n) is 3.50. The van der Waals surface area contributed by atoms with Crippen molar-refractivity contribution < 1.29 is 10.0 Å². The summed E-state index contributed by atoms with van der Waals surface area (Å²) in [5, 5.41) is 24.8. The zero-order valence-electron chi connectivity index (χ0n) is 14.1. The maximum absolute atomic E-state index is 10.9. The Morgan fingerprint density at radius 3 is 2.59 bits per heavy atom. The topological polar surface area (TPSA) is 113 Å². The summed E-state index contributed by atoms with van der Waals surface area (Å²) in [6.45, 7) is 0. The number of benzene rings is 2. The number of nitro groups is 1. The number of hydrazone groups is 1. The highest BCUT2D eigenvalue weighted by molar-refractivity contribution is 5.99. The van der Waals surface area contributed by atoms with Gasteiger partial charge in [0.2, 0.25) is 0 Å². The number of aliphatic imine (C=N–C) groups is 1. The fourth-order valence-corrected chi connectivity index (χ4v) is 2.20. The van der Waals surface area contributed by atoms with Crippen molar-refractivity contribution in [2.45, 2.75) is 0 Å². The Kier molecular flexibility index (Phi) is 5.48. The van der Waals surface area contributed by atoms with Crippen LogP contribution in [0, 0.1) is 10.1 Å². The predicted octanol–water partition coefficient (Wildman–Crippen LogP) is 3.40. The number of phenolic OH excluding ortho intramolecular Hbond substituents is 1. The Morgan fingerprint density at radius 2 is 1.89 bits per heavy atom. The molecule has 134 valence electrons. The van der Waals surface area contributed by atoms with Crippen molar-refractivity contribution in [2.75, 3.05) is 0 Å². The van der Waals surface area contributed by atoms with Gasteiger partial charge in [-0.05, 0) is 30.3 Å². The molecule has 8 heteroatoms. The molecule has 2 N–H and O–H groups in total. The van der Waals surface area contributed by atoms with E-state index < -0.39 is 4.92 Å². The van der Waals surface area contributed by atoms with Crippen LogP contribution in [-0.2, 0) is 0 Å². The zero-order valence-corrected chi connectivity index (χ0v) is 14.1. The van der Waals surface area contributed by atoms with E-state index in [1.807, 2.05) is 36.4 Å². The average molecular weight is 361 g/mol. The largest absolute Gasteiger partial charge is 0.507 e. The summed E-state index contributed by atoms with van der Waals surface area (Å²) in [4.78, 5) is 19.1. The monoisotopic (exact) mass is 361 g/mol. The number of hydrogen-bond acceptors (Lipinski definition) is 6. The minimum Gasteiger partial charge on any atom is -0.507 e. The van der Waals surface area contributed by atoms with Crippen LogP contribution >= 0.6 is 0 Å². The fourth-order valence-electron chi connectivity index (χ4n) is 2.20. The summed E-state index contributed by atoms with van der Waals surface area (Å²) in [6.07, 6.45) is 2.92. The normalized spacial score (nSPS) is 11.5. The van der Waals surface area contributed by atoms with E-state index in [-0.39, 0.29) is 17.0 Å². The molecule has 0 atom stereocenters. The molecule has 2 aromatic carbocycles. The molecule has 0 aliphatic rings. The number of phenols is 1. The first kappa shape index (κ1) is 17.7. The van der Waals surface area contributed by atoms with Crippen LogP contribution in [0.2, 0.25) is 0 Å². The molecule has 0 spiro atoms. The van der Waals surface area contributed by atoms with E-state index in [2.05, 4.69) is 20.5 Å². The first-order chi connectivity index (χ1) is 13.1. The number of amidine groups is 1. The number of para-hydroxylation sites is 1. The third kappa shape index (κ3) is 4.73. The highest BCUT2D eigenvalue weighted by Crippen LogP contribution is 2.21. The Bertz CT molecular complexity index is 989. The third-order valence-corrected chi connectivity index (χ3v) is 3.50. The number of rotatable bonds is 5. The summed E-state index contributed by atoms with van der Waals surface area (Å²) in [5.41, 5.74) is 4.13. The van der Waals surface area contributed by atoms with E-state index in [1.165, 1.54) is 24.4 Å². The average Bonchev–Trinajstić information content (AvgIpc) is 2.70. The van der Waals surface area contributed by atoms with Crippen LogP contribution in [0.4, 0.5) is 11.4 Å².